The van der Waals surface area contributed by atoms with E-state index in [4.69, 9.17) is 4.98 Å². The number of hydrogen-bond acceptors (Lipinski definition) is 6. The highest BCUT2D eigenvalue weighted by Gasteiger charge is 2.27. The monoisotopic (exact) mass is 496 g/mol. The van der Waals surface area contributed by atoms with E-state index in [1.807, 2.05) is 78.7 Å². The number of aromatic nitrogens is 2. The maximum Gasteiger partial charge on any atom is 0.247 e. The molecule has 1 aliphatic heterocycles. The molecule has 0 aliphatic carbocycles. The van der Waals surface area contributed by atoms with Crippen molar-refractivity contribution < 1.29 is 9.18 Å². The van der Waals surface area contributed by atoms with Gasteiger partial charge in [0.1, 0.15) is 6.17 Å². The molecule has 1 fully saturated rings. The predicted molar refractivity (Wildman–Crippen MR) is 148 cm³/mol. The number of halogens is 1. The van der Waals surface area contributed by atoms with Gasteiger partial charge >= 0.3 is 0 Å². The summed E-state index contributed by atoms with van der Waals surface area (Å²) in [7, 11) is 1.95. The lowest BCUT2D eigenvalue weighted by molar-refractivity contribution is -0.111. The number of rotatable bonds is 7. The third kappa shape index (κ3) is 5.76. The average Bonchev–Trinajstić information content (AvgIpc) is 2.91. The molecule has 2 unspecified atom stereocenters. The quantitative estimate of drug-likeness (QED) is 0.288. The third-order valence-corrected chi connectivity index (χ3v) is 6.47. The zero-order valence-electron chi connectivity index (χ0n) is 20.6. The number of amides is 1. The topological polar surface area (TPSA) is 82.2 Å². The number of anilines is 4. The van der Waals surface area contributed by atoms with Crippen molar-refractivity contribution in [1.82, 2.24) is 14.9 Å². The Balaban J connectivity index is 1.34. The fourth-order valence-corrected chi connectivity index (χ4v) is 4.52. The van der Waals surface area contributed by atoms with Crippen LogP contribution in [0.25, 0.3) is 22.0 Å². The normalized spacial score (nSPS) is 17.8. The van der Waals surface area contributed by atoms with Crippen molar-refractivity contribution in [3.63, 3.8) is 0 Å². The molecule has 0 saturated carbocycles. The molecule has 1 aromatic heterocycles. The number of nitrogens with one attached hydrogen (secondary N) is 3. The van der Waals surface area contributed by atoms with Crippen molar-refractivity contribution in [2.75, 3.05) is 36.1 Å². The molecule has 0 spiro atoms. The molecule has 7 nitrogen and oxygen atoms in total. The number of para-hydroxylation sites is 1. The molecule has 5 rings (SSSR count). The first-order valence-corrected chi connectivity index (χ1v) is 12.2. The van der Waals surface area contributed by atoms with E-state index < -0.39 is 6.17 Å². The highest BCUT2D eigenvalue weighted by atomic mass is 19.1. The largest absolute Gasteiger partial charge is 0.379 e. The van der Waals surface area contributed by atoms with E-state index >= 15 is 0 Å². The highest BCUT2D eigenvalue weighted by Crippen LogP contribution is 2.30. The van der Waals surface area contributed by atoms with Gasteiger partial charge in [-0.05, 0) is 61.5 Å². The second-order valence-electron chi connectivity index (χ2n) is 9.23. The molecule has 2 heterocycles. The fraction of sp³-hybridized carbons (Fsp3) is 0.207. The Kier molecular flexibility index (Phi) is 7.09. The van der Waals surface area contributed by atoms with E-state index in [1.165, 1.54) is 6.08 Å². The Bertz CT molecular complexity index is 1420. The van der Waals surface area contributed by atoms with Crippen LogP contribution in [0.2, 0.25) is 0 Å². The van der Waals surface area contributed by atoms with Crippen molar-refractivity contribution >= 4 is 39.8 Å². The van der Waals surface area contributed by atoms with Gasteiger partial charge in [0, 0.05) is 47.3 Å². The zero-order valence-corrected chi connectivity index (χ0v) is 20.6. The molecule has 4 aromatic rings. The van der Waals surface area contributed by atoms with Gasteiger partial charge in [-0.25, -0.2) is 14.4 Å². The number of fused-ring (bicyclic) bond motifs is 1. The van der Waals surface area contributed by atoms with Crippen LogP contribution in [0.15, 0.2) is 85.6 Å². The molecular formula is C29H29FN6O. The van der Waals surface area contributed by atoms with E-state index in [1.54, 1.807) is 6.20 Å². The van der Waals surface area contributed by atoms with Crippen LogP contribution >= 0.6 is 0 Å². The molecule has 0 radical (unpaired) electrons. The van der Waals surface area contributed by atoms with Crippen LogP contribution < -0.4 is 16.0 Å². The summed E-state index contributed by atoms with van der Waals surface area (Å²) in [6.45, 7) is 4.84. The number of nitrogens with zero attached hydrogens (tertiary/aromatic N) is 3. The summed E-state index contributed by atoms with van der Waals surface area (Å²) in [5, 5.41) is 10.3. The Labute approximate surface area is 215 Å². The maximum absolute atomic E-state index is 14.4. The standard InChI is InChI=1S/C29H29FN6O/c1-3-27(37)33-23-8-4-6-19(16-23)24-9-5-7-20-17-31-29(35-28(20)24)34-22-12-10-21(11-13-22)32-26-14-15-36(2)18-25(26)30/h3-13,16-17,25-26,32H,1,14-15,18H2,2H3,(H,33,37)(H,31,34,35). The summed E-state index contributed by atoms with van der Waals surface area (Å²) in [5.41, 5.74) is 5.04. The van der Waals surface area contributed by atoms with Crippen LogP contribution in [0.1, 0.15) is 6.42 Å². The number of likely N-dealkylation sites (tertiary alicyclic amines) is 1. The van der Waals surface area contributed by atoms with Crippen molar-refractivity contribution in [3.8, 4) is 11.1 Å². The van der Waals surface area contributed by atoms with Crippen molar-refractivity contribution in [1.29, 1.82) is 0 Å². The highest BCUT2D eigenvalue weighted by molar-refractivity contribution is 6.00. The summed E-state index contributed by atoms with van der Waals surface area (Å²) >= 11 is 0. The number of benzene rings is 3. The maximum atomic E-state index is 14.4. The van der Waals surface area contributed by atoms with Gasteiger partial charge in [0.25, 0.3) is 0 Å². The molecule has 8 heteroatoms. The van der Waals surface area contributed by atoms with Crippen LogP contribution in [-0.4, -0.2) is 53.1 Å². The van der Waals surface area contributed by atoms with Gasteiger partial charge in [0.05, 0.1) is 11.6 Å². The second-order valence-corrected chi connectivity index (χ2v) is 9.23. The van der Waals surface area contributed by atoms with Gasteiger partial charge in [0.2, 0.25) is 11.9 Å². The minimum Gasteiger partial charge on any atom is -0.379 e. The second kappa shape index (κ2) is 10.8. The Morgan fingerprint density at radius 2 is 1.86 bits per heavy atom. The van der Waals surface area contributed by atoms with E-state index in [0.29, 0.717) is 18.2 Å². The van der Waals surface area contributed by atoms with Gasteiger partial charge in [-0.1, -0.05) is 36.9 Å². The first-order valence-electron chi connectivity index (χ1n) is 12.2. The van der Waals surface area contributed by atoms with E-state index in [2.05, 4.69) is 27.5 Å². The summed E-state index contributed by atoms with van der Waals surface area (Å²) < 4.78 is 14.4. The molecule has 188 valence electrons. The van der Waals surface area contributed by atoms with Crippen molar-refractivity contribution in [3.05, 3.63) is 85.6 Å². The minimum absolute atomic E-state index is 0.180. The van der Waals surface area contributed by atoms with Gasteiger partial charge in [0.15, 0.2) is 0 Å². The summed E-state index contributed by atoms with van der Waals surface area (Å²) in [6.07, 6.45) is 2.91. The molecule has 3 aromatic carbocycles. The zero-order chi connectivity index (χ0) is 25.8. The Hall–Kier alpha value is -4.30. The first kappa shape index (κ1) is 24.4. The number of alkyl halides is 1. The lowest BCUT2D eigenvalue weighted by Crippen LogP contribution is -2.46. The van der Waals surface area contributed by atoms with Crippen LogP contribution in [0.5, 0.6) is 0 Å². The van der Waals surface area contributed by atoms with Crippen LogP contribution in [0, 0.1) is 0 Å². The molecule has 1 amide bonds. The van der Waals surface area contributed by atoms with Gasteiger partial charge in [-0.2, -0.15) is 0 Å². The minimum atomic E-state index is -0.893. The predicted octanol–water partition coefficient (Wildman–Crippen LogP) is 5.62. The molecule has 37 heavy (non-hydrogen) atoms. The molecule has 2 atom stereocenters. The van der Waals surface area contributed by atoms with Crippen molar-refractivity contribution in [2.24, 2.45) is 0 Å². The Morgan fingerprint density at radius 3 is 2.65 bits per heavy atom. The average molecular weight is 497 g/mol. The first-order chi connectivity index (χ1) is 18.0. The van der Waals surface area contributed by atoms with Crippen LogP contribution in [0.3, 0.4) is 0 Å². The van der Waals surface area contributed by atoms with Gasteiger partial charge in [-0.3, -0.25) is 4.79 Å². The van der Waals surface area contributed by atoms with E-state index in [9.17, 15) is 9.18 Å². The Morgan fingerprint density at radius 1 is 1.08 bits per heavy atom. The lowest BCUT2D eigenvalue weighted by Gasteiger charge is -2.33. The van der Waals surface area contributed by atoms with E-state index in [0.717, 1.165) is 46.4 Å². The summed E-state index contributed by atoms with van der Waals surface area (Å²) in [5.74, 6) is 0.205. The molecular weight excluding hydrogens is 467 g/mol. The number of hydrogen-bond donors (Lipinski definition) is 3. The summed E-state index contributed by atoms with van der Waals surface area (Å²) in [6, 6.07) is 21.1. The van der Waals surface area contributed by atoms with Gasteiger partial charge < -0.3 is 20.9 Å². The van der Waals surface area contributed by atoms with E-state index in [-0.39, 0.29) is 11.9 Å². The van der Waals surface area contributed by atoms with Crippen LogP contribution in [0.4, 0.5) is 27.4 Å². The number of carbonyl (C=O) groups is 1. The molecule has 1 saturated heterocycles. The fourth-order valence-electron chi connectivity index (χ4n) is 4.52. The molecule has 0 bridgehead atoms. The van der Waals surface area contributed by atoms with Gasteiger partial charge in [-0.15, -0.1) is 0 Å². The van der Waals surface area contributed by atoms with Crippen LogP contribution in [-0.2, 0) is 4.79 Å². The third-order valence-electron chi connectivity index (χ3n) is 6.47. The molecule has 1 aliphatic rings. The SMILES string of the molecule is C=CC(=O)Nc1cccc(-c2cccc3cnc(Nc4ccc(NC5CCN(C)CC5F)cc4)nc23)c1. The number of carbonyl (C=O) groups excluding carboxylic acids is 1. The summed E-state index contributed by atoms with van der Waals surface area (Å²) in [4.78, 5) is 23.0. The van der Waals surface area contributed by atoms with Crippen molar-refractivity contribution in [2.45, 2.75) is 18.6 Å². The molecule has 3 N–H and O–H groups in total. The number of piperidine rings is 1. The smallest absolute Gasteiger partial charge is 0.247 e. The lowest BCUT2D eigenvalue weighted by atomic mass is 10.0.